The largest absolute Gasteiger partial charge is 0.346 e. The van der Waals surface area contributed by atoms with E-state index in [0.717, 1.165) is 25.5 Å². The van der Waals surface area contributed by atoms with E-state index >= 15 is 0 Å². The molecule has 0 bridgehead atoms. The molecule has 0 saturated heterocycles. The Hall–Kier alpha value is 1.41. The predicted molar refractivity (Wildman–Crippen MR) is 162 cm³/mol. The van der Waals surface area contributed by atoms with Gasteiger partial charge in [0.05, 0.1) is 18.5 Å². The Kier molecular flexibility index (Phi) is 28.3. The third kappa shape index (κ3) is 20.9. The normalized spacial score (nSPS) is 9.92. The van der Waals surface area contributed by atoms with Crippen LogP contribution in [0.5, 0.6) is 0 Å². The molecule has 214 valence electrons. The van der Waals surface area contributed by atoms with Crippen molar-refractivity contribution in [1.29, 1.82) is 0 Å². The van der Waals surface area contributed by atoms with Crippen LogP contribution >= 0.6 is 55.9 Å². The molecule has 0 aliphatic rings. The minimum atomic E-state index is -3.20. The second-order valence-corrected chi connectivity index (χ2v) is 16.8. The second kappa shape index (κ2) is 23.0. The molecule has 0 spiro atoms. The molecule has 0 aliphatic heterocycles. The Balaban J connectivity index is -0.000000202. The van der Waals surface area contributed by atoms with Gasteiger partial charge in [-0.05, 0) is 12.5 Å². The Morgan fingerprint density at radius 3 is 1.89 bits per heavy atom. The molecule has 37 heavy (non-hydrogen) atoms. The number of fused-ring (bicyclic) bond motifs is 2. The molecule has 0 amide bonds. The van der Waals surface area contributed by atoms with E-state index in [1.165, 1.54) is 37.9 Å². The maximum atomic E-state index is 11.2. The summed E-state index contributed by atoms with van der Waals surface area (Å²) in [5, 5.41) is 1.59. The van der Waals surface area contributed by atoms with Gasteiger partial charge in [-0.15, -0.1) is 0 Å². The summed E-state index contributed by atoms with van der Waals surface area (Å²) in [5.74, 6) is 0. The fourth-order valence-electron chi connectivity index (χ4n) is 2.15. The van der Waals surface area contributed by atoms with Gasteiger partial charge in [-0.25, -0.2) is 36.8 Å². The van der Waals surface area contributed by atoms with Gasteiger partial charge in [-0.1, -0.05) is 73.4 Å². The number of rotatable bonds is 3. The van der Waals surface area contributed by atoms with Crippen molar-refractivity contribution in [2.24, 2.45) is 0 Å². The number of aromatic amines is 2. The summed E-state index contributed by atoms with van der Waals surface area (Å²) < 4.78 is 42.1. The minimum absolute atomic E-state index is 0. The van der Waals surface area contributed by atoms with Gasteiger partial charge in [0.25, 0.3) is 0 Å². The van der Waals surface area contributed by atoms with E-state index in [0.29, 0.717) is 11.0 Å². The topological polar surface area (TPSA) is 151 Å². The zero-order chi connectivity index (χ0) is 25.1. The van der Waals surface area contributed by atoms with Crippen molar-refractivity contribution < 1.29 is 92.3 Å². The van der Waals surface area contributed by atoms with Gasteiger partial charge in [0, 0.05) is 123 Å². The SMILES string of the molecule is C.C.CCCC(I)I.CS(=O)(=O)Cl.CS(=O)(=O)c1c[nH]c2ncncc12.[Ar].[Ar].c1ncc2cc[nH]c2n1. The molecule has 0 unspecified atom stereocenters. The Bertz CT molecular complexity index is 1320. The molecule has 0 aliphatic carbocycles. The van der Waals surface area contributed by atoms with E-state index in [2.05, 4.69) is 92.7 Å². The number of hydrogen-bond donors (Lipinski definition) is 2. The van der Waals surface area contributed by atoms with Crippen LogP contribution in [0, 0.1) is 75.5 Å². The maximum absolute atomic E-state index is 11.2. The van der Waals surface area contributed by atoms with Crippen molar-refractivity contribution in [2.75, 3.05) is 12.5 Å². The first-order chi connectivity index (χ1) is 15.3. The summed E-state index contributed by atoms with van der Waals surface area (Å²) in [5.41, 5.74) is 1.43. The van der Waals surface area contributed by atoms with Gasteiger partial charge in [0.1, 0.15) is 23.9 Å². The van der Waals surface area contributed by atoms with E-state index in [1.54, 1.807) is 6.20 Å². The third-order valence-electron chi connectivity index (χ3n) is 3.45. The molecule has 4 rings (SSSR count). The number of nitrogens with one attached hydrogen (secondary N) is 2. The molecule has 4 aromatic heterocycles. The summed E-state index contributed by atoms with van der Waals surface area (Å²) in [4.78, 5) is 21.4. The van der Waals surface area contributed by atoms with E-state index in [1.807, 2.05) is 12.3 Å². The van der Waals surface area contributed by atoms with Gasteiger partial charge in [-0.3, -0.25) is 0 Å². The van der Waals surface area contributed by atoms with E-state index in [9.17, 15) is 16.8 Å². The third-order valence-corrected chi connectivity index (χ3v) is 5.83. The van der Waals surface area contributed by atoms with Gasteiger partial charge in [0.15, 0.2) is 9.84 Å². The zero-order valence-electron chi connectivity index (χ0n) is 18.6. The summed E-state index contributed by atoms with van der Waals surface area (Å²) in [6.45, 7) is 2.21. The number of hydrogen-bond acceptors (Lipinski definition) is 8. The van der Waals surface area contributed by atoms with Crippen LogP contribution in [0.25, 0.3) is 22.1 Å². The molecule has 0 radical (unpaired) electrons. The molecule has 0 saturated carbocycles. The zero-order valence-corrected chi connectivity index (χ0v) is 26.7. The van der Waals surface area contributed by atoms with Gasteiger partial charge in [0.2, 0.25) is 9.05 Å². The number of nitrogens with zero attached hydrogens (tertiary/aromatic N) is 4. The van der Waals surface area contributed by atoms with Crippen LogP contribution in [0.1, 0.15) is 34.6 Å². The molecule has 4 aromatic rings. The molecule has 17 heteroatoms. The van der Waals surface area contributed by atoms with Crippen LogP contribution in [0.4, 0.5) is 0 Å². The molecular weight excluding hydrogens is 822 g/mol. The van der Waals surface area contributed by atoms with Crippen LogP contribution < -0.4 is 0 Å². The number of aromatic nitrogens is 6. The van der Waals surface area contributed by atoms with Crippen LogP contribution in [-0.2, 0) is 18.9 Å². The number of sulfone groups is 1. The average Bonchev–Trinajstić information content (AvgIpc) is 3.34. The quantitative estimate of drug-likeness (QED) is 0.150. The summed E-state index contributed by atoms with van der Waals surface area (Å²) in [6, 6.07) is 1.94. The van der Waals surface area contributed by atoms with E-state index < -0.39 is 18.9 Å². The monoisotopic (exact) mass is 852 g/mol. The summed E-state index contributed by atoms with van der Waals surface area (Å²) in [7, 11) is -1.89. The van der Waals surface area contributed by atoms with Crippen LogP contribution in [0.15, 0.2) is 48.4 Å². The summed E-state index contributed by atoms with van der Waals surface area (Å²) in [6.07, 6.45) is 14.2. The maximum Gasteiger partial charge on any atom is 0.229 e. The fraction of sp³-hybridized carbons (Fsp3) is 0.400. The Labute approximate surface area is 311 Å². The van der Waals surface area contributed by atoms with Gasteiger partial charge < -0.3 is 9.97 Å². The average molecular weight is 853 g/mol. The minimum Gasteiger partial charge on any atom is -0.346 e. The number of H-pyrrole nitrogens is 2. The van der Waals surface area contributed by atoms with Gasteiger partial charge >= 0.3 is 0 Å². The van der Waals surface area contributed by atoms with Crippen LogP contribution in [0.2, 0.25) is 0 Å². The van der Waals surface area contributed by atoms with Crippen molar-refractivity contribution in [3.05, 3.63) is 43.5 Å². The Morgan fingerprint density at radius 2 is 1.46 bits per heavy atom. The molecule has 2 N–H and O–H groups in total. The molecule has 0 fully saturated rings. The van der Waals surface area contributed by atoms with Crippen LogP contribution in [-0.4, -0.2) is 61.2 Å². The van der Waals surface area contributed by atoms with Crippen LogP contribution in [0.3, 0.4) is 0 Å². The molecule has 0 aromatic carbocycles. The van der Waals surface area contributed by atoms with Crippen molar-refractivity contribution in [1.82, 2.24) is 29.9 Å². The van der Waals surface area contributed by atoms with E-state index in [4.69, 9.17) is 0 Å². The fourth-order valence-corrected chi connectivity index (χ4v) is 4.22. The number of alkyl halides is 2. The first-order valence-electron chi connectivity index (χ1n) is 9.21. The number of halogens is 3. The van der Waals surface area contributed by atoms with E-state index in [-0.39, 0.29) is 95.2 Å². The first-order valence-corrected chi connectivity index (χ1v) is 16.3. The molecule has 4 heterocycles. The molecular formula is C20H31Ar2ClI2N6O4S2. The summed E-state index contributed by atoms with van der Waals surface area (Å²) >= 11 is 4.86. The molecule has 0 atom stereocenters. The standard InChI is InChI=1S/C7H7N3O2S.C6H5N3.C4H8I2.CH3ClO2S.2CH4.2Ar/c1-13(11,12)6-3-9-7-5(6)2-8-4-10-7;1-2-8-6-5(1)3-7-4-9-6;1-2-3-4(5)6;1-5(2,3)4;;;;/h2-4H,1H3,(H,8,9,10);1-4H,(H,7,8,9);4H,2-3H2,1H3;1H3;2*1H4;;. The van der Waals surface area contributed by atoms with Crippen molar-refractivity contribution in [2.45, 2.75) is 41.4 Å². The van der Waals surface area contributed by atoms with Gasteiger partial charge in [-0.2, -0.15) is 0 Å². The molecule has 10 nitrogen and oxygen atoms in total. The van der Waals surface area contributed by atoms with Crippen molar-refractivity contribution >= 4 is 96.8 Å². The van der Waals surface area contributed by atoms with Crippen molar-refractivity contribution in [3.8, 4) is 0 Å². The van der Waals surface area contributed by atoms with Crippen molar-refractivity contribution in [3.63, 3.8) is 0 Å². The Morgan fingerprint density at radius 1 is 0.946 bits per heavy atom. The second-order valence-electron chi connectivity index (χ2n) is 6.38. The predicted octanol–water partition coefficient (Wildman–Crippen LogP) is 5.76. The smallest absolute Gasteiger partial charge is 0.229 e. The first kappa shape index (κ1) is 45.4.